The summed E-state index contributed by atoms with van der Waals surface area (Å²) in [5, 5.41) is 4.72. The maximum absolute atomic E-state index is 13.7. The first-order chi connectivity index (χ1) is 21.4. The van der Waals surface area contributed by atoms with Crippen LogP contribution in [0.2, 0.25) is 0 Å². The van der Waals surface area contributed by atoms with E-state index < -0.39 is 83.1 Å². The van der Waals surface area contributed by atoms with Crippen LogP contribution in [0.1, 0.15) is 85.6 Å². The van der Waals surface area contributed by atoms with Crippen LogP contribution in [-0.2, 0) is 32.3 Å². The van der Waals surface area contributed by atoms with Gasteiger partial charge in [-0.25, -0.2) is 14.0 Å². The molecule has 0 saturated heterocycles. The number of esters is 1. The molecule has 1 heterocycles. The zero-order valence-electron chi connectivity index (χ0n) is 27.7. The number of terminal acetylenes is 1. The summed E-state index contributed by atoms with van der Waals surface area (Å²) in [6.07, 6.45) is -0.714. The van der Waals surface area contributed by atoms with Crippen LogP contribution >= 0.6 is 0 Å². The Morgan fingerprint density at radius 2 is 1.64 bits per heavy atom. The van der Waals surface area contributed by atoms with Crippen LogP contribution in [0.4, 0.5) is 28.0 Å². The molecule has 2 atom stereocenters. The molecule has 2 N–H and O–H groups in total. The highest BCUT2D eigenvalue weighted by Gasteiger charge is 2.37. The fourth-order valence-corrected chi connectivity index (χ4v) is 4.61. The summed E-state index contributed by atoms with van der Waals surface area (Å²) in [6, 6.07) is 0.861. The molecule has 0 aliphatic heterocycles. The van der Waals surface area contributed by atoms with E-state index >= 15 is 0 Å². The second kappa shape index (κ2) is 14.4. The minimum Gasteiger partial charge on any atom is -0.463 e. The van der Waals surface area contributed by atoms with Gasteiger partial charge in [-0.15, -0.1) is 6.42 Å². The highest BCUT2D eigenvalue weighted by Crippen LogP contribution is 2.33. The molecule has 14 heteroatoms. The van der Waals surface area contributed by atoms with Gasteiger partial charge in [0.25, 0.3) is 5.91 Å². The van der Waals surface area contributed by atoms with Crippen molar-refractivity contribution in [2.75, 3.05) is 11.9 Å². The van der Waals surface area contributed by atoms with E-state index in [1.54, 1.807) is 34.6 Å². The summed E-state index contributed by atoms with van der Waals surface area (Å²) in [5.41, 5.74) is -4.12. The van der Waals surface area contributed by atoms with E-state index in [1.165, 1.54) is 32.4 Å². The number of hydrogen-bond donors (Lipinski definition) is 2. The molecule has 1 aromatic heterocycles. The molecule has 0 aliphatic rings. The molecule has 0 radical (unpaired) electrons. The van der Waals surface area contributed by atoms with Gasteiger partial charge in [0, 0.05) is 24.8 Å². The van der Waals surface area contributed by atoms with Crippen molar-refractivity contribution in [2.24, 2.45) is 18.4 Å². The van der Waals surface area contributed by atoms with Crippen LogP contribution in [0.25, 0.3) is 0 Å². The number of ether oxygens (including phenoxy) is 2. The van der Waals surface area contributed by atoms with E-state index in [2.05, 4.69) is 16.6 Å². The Bertz CT molecular complexity index is 1610. The van der Waals surface area contributed by atoms with E-state index in [0.29, 0.717) is 12.1 Å². The highest BCUT2D eigenvalue weighted by atomic mass is 19.4. The van der Waals surface area contributed by atoms with Crippen LogP contribution in [0.15, 0.2) is 18.2 Å². The Labute approximate surface area is 270 Å². The summed E-state index contributed by atoms with van der Waals surface area (Å²) < 4.78 is 65.0. The Kier molecular flexibility index (Phi) is 11.8. The zero-order valence-corrected chi connectivity index (χ0v) is 27.7. The van der Waals surface area contributed by atoms with Crippen LogP contribution in [0.3, 0.4) is 0 Å². The quantitative estimate of drug-likeness (QED) is 0.100. The Morgan fingerprint density at radius 1 is 1.04 bits per heavy atom. The van der Waals surface area contributed by atoms with E-state index in [0.717, 1.165) is 6.07 Å². The standard InChI is InChI=1S/C33H39F4N3O7/c1-11-32(9,16-46-29(44)25(17(2)3)39-30(45)47-31(6,7)8)15-23(41)27(42)24-18(4)26(40(10)19(24)5)28(43)38-20-12-13-22(34)21(14-20)33(35,36)37/h1,12-14,17,25H,15-16H2,2-10H3,(H,38,43)(H,39,45)/t25-,32+/m0/s1. The first-order valence-corrected chi connectivity index (χ1v) is 14.5. The smallest absolute Gasteiger partial charge is 0.419 e. The van der Waals surface area contributed by atoms with Crippen molar-refractivity contribution >= 4 is 35.2 Å². The lowest BCUT2D eigenvalue weighted by Gasteiger charge is -2.27. The molecule has 2 amide bonds. The number of carbonyl (C=O) groups excluding carboxylic acids is 5. The van der Waals surface area contributed by atoms with Gasteiger partial charge >= 0.3 is 18.2 Å². The lowest BCUT2D eigenvalue weighted by molar-refractivity contribution is -0.150. The monoisotopic (exact) mass is 665 g/mol. The van der Waals surface area contributed by atoms with Crippen LogP contribution in [-0.4, -0.2) is 52.4 Å². The fraction of sp³-hybridized carbons (Fsp3) is 0.485. The van der Waals surface area contributed by atoms with Crippen molar-refractivity contribution < 1.29 is 51.0 Å². The first-order valence-electron chi connectivity index (χ1n) is 14.5. The maximum Gasteiger partial charge on any atom is 0.419 e. The number of alkyl halides is 3. The number of hydrogen-bond acceptors (Lipinski definition) is 7. The molecular weight excluding hydrogens is 626 g/mol. The van der Waals surface area contributed by atoms with Crippen molar-refractivity contribution in [3.63, 3.8) is 0 Å². The molecule has 0 fully saturated rings. The molecule has 0 aliphatic carbocycles. The van der Waals surface area contributed by atoms with E-state index in [1.807, 2.05) is 0 Å². The summed E-state index contributed by atoms with van der Waals surface area (Å²) >= 11 is 0. The number of alkyl carbamates (subject to hydrolysis) is 1. The van der Waals surface area contributed by atoms with Crippen LogP contribution in [0.5, 0.6) is 0 Å². The molecule has 0 spiro atoms. The molecule has 256 valence electrons. The van der Waals surface area contributed by atoms with E-state index in [4.69, 9.17) is 15.9 Å². The predicted octanol–water partition coefficient (Wildman–Crippen LogP) is 5.93. The molecule has 0 saturated carbocycles. The molecule has 2 aromatic rings. The van der Waals surface area contributed by atoms with Crippen LogP contribution < -0.4 is 10.6 Å². The number of benzene rings is 1. The second-order valence-corrected chi connectivity index (χ2v) is 12.7. The van der Waals surface area contributed by atoms with E-state index in [-0.39, 0.29) is 28.2 Å². The number of rotatable bonds is 11. The molecule has 2 rings (SSSR count). The Hall–Kier alpha value is -4.67. The number of nitrogens with one attached hydrogen (secondary N) is 2. The normalized spacial score (nSPS) is 13.6. The number of ketones is 2. The summed E-state index contributed by atoms with van der Waals surface area (Å²) in [7, 11) is 1.42. The number of nitrogens with zero attached hydrogens (tertiary/aromatic N) is 1. The third-order valence-corrected chi connectivity index (χ3v) is 7.18. The van der Waals surface area contributed by atoms with Gasteiger partial charge in [0.1, 0.15) is 29.8 Å². The van der Waals surface area contributed by atoms with E-state index in [9.17, 15) is 41.5 Å². The Balaban J connectivity index is 2.23. The third-order valence-electron chi connectivity index (χ3n) is 7.18. The molecule has 47 heavy (non-hydrogen) atoms. The lowest BCUT2D eigenvalue weighted by atomic mass is 9.84. The van der Waals surface area contributed by atoms with Gasteiger partial charge in [0.2, 0.25) is 11.6 Å². The number of Topliss-reactive ketones (excluding diaryl/α,β-unsaturated/α-hetero) is 2. The summed E-state index contributed by atoms with van der Waals surface area (Å²) in [5.74, 6) is -3.21. The third kappa shape index (κ3) is 9.67. The molecule has 0 bridgehead atoms. The highest BCUT2D eigenvalue weighted by molar-refractivity contribution is 6.44. The van der Waals surface area contributed by atoms with Gasteiger partial charge in [-0.1, -0.05) is 19.8 Å². The summed E-state index contributed by atoms with van der Waals surface area (Å²) in [6.45, 7) is 12.1. The van der Waals surface area contributed by atoms with Gasteiger partial charge in [-0.2, -0.15) is 13.2 Å². The largest absolute Gasteiger partial charge is 0.463 e. The lowest BCUT2D eigenvalue weighted by Crippen LogP contribution is -2.47. The molecule has 0 unspecified atom stereocenters. The van der Waals surface area contributed by atoms with Gasteiger partial charge in [0.15, 0.2) is 0 Å². The number of amides is 2. The van der Waals surface area contributed by atoms with Crippen molar-refractivity contribution in [3.8, 4) is 12.3 Å². The molecule has 1 aromatic carbocycles. The second-order valence-electron chi connectivity index (χ2n) is 12.7. The number of anilines is 1. The minimum absolute atomic E-state index is 0.0702. The maximum atomic E-state index is 13.7. The fourth-order valence-electron chi connectivity index (χ4n) is 4.61. The number of halogens is 4. The first kappa shape index (κ1) is 38.5. The van der Waals surface area contributed by atoms with Crippen molar-refractivity contribution in [1.82, 2.24) is 9.88 Å². The summed E-state index contributed by atoms with van der Waals surface area (Å²) in [4.78, 5) is 64.8. The minimum atomic E-state index is -5.00. The average Bonchev–Trinajstić information content (AvgIpc) is 3.16. The number of aromatic nitrogens is 1. The molecule has 10 nitrogen and oxygen atoms in total. The zero-order chi connectivity index (χ0) is 36.2. The van der Waals surface area contributed by atoms with Gasteiger partial charge in [-0.3, -0.25) is 14.4 Å². The van der Waals surface area contributed by atoms with Crippen LogP contribution in [0, 0.1) is 43.3 Å². The van der Waals surface area contributed by atoms with Gasteiger partial charge < -0.3 is 24.7 Å². The van der Waals surface area contributed by atoms with Gasteiger partial charge in [0.05, 0.1) is 16.5 Å². The SMILES string of the molecule is C#C[C@@](C)(COC(=O)[C@@H](NC(=O)OC(C)(C)C)C(C)C)CC(=O)C(=O)c1c(C)c(C(=O)Nc2ccc(F)c(C(F)(F)F)c2)n(C)c1C. The Morgan fingerprint density at radius 3 is 2.15 bits per heavy atom. The predicted molar refractivity (Wildman–Crippen MR) is 164 cm³/mol. The number of carbonyl (C=O) groups is 5. The van der Waals surface area contributed by atoms with Crippen molar-refractivity contribution in [2.45, 2.75) is 79.6 Å². The molecular formula is C33H39F4N3O7. The average molecular weight is 666 g/mol. The van der Waals surface area contributed by atoms with Crippen molar-refractivity contribution in [1.29, 1.82) is 0 Å². The topological polar surface area (TPSA) is 133 Å². The van der Waals surface area contributed by atoms with Gasteiger partial charge in [-0.05, 0) is 71.2 Å². The van der Waals surface area contributed by atoms with Crippen molar-refractivity contribution in [3.05, 3.63) is 52.1 Å².